The van der Waals surface area contributed by atoms with E-state index in [0.29, 0.717) is 19.7 Å². The van der Waals surface area contributed by atoms with Gasteiger partial charge in [0.25, 0.3) is 0 Å². The average Bonchev–Trinajstić information content (AvgIpc) is 3.16. The van der Waals surface area contributed by atoms with Crippen molar-refractivity contribution in [2.45, 2.75) is 38.5 Å². The molecule has 0 spiro atoms. The number of halogens is 1. The van der Waals surface area contributed by atoms with E-state index < -0.39 is 0 Å². The van der Waals surface area contributed by atoms with Gasteiger partial charge in [-0.2, -0.15) is 0 Å². The number of benzene rings is 2. The minimum atomic E-state index is -0.148. The molecule has 2 aromatic rings. The Morgan fingerprint density at radius 1 is 1.27 bits per heavy atom. The number of hydrogen-bond donors (Lipinski definition) is 2. The molecule has 5 nitrogen and oxygen atoms in total. The van der Waals surface area contributed by atoms with Crippen molar-refractivity contribution in [2.24, 2.45) is 0 Å². The van der Waals surface area contributed by atoms with Crippen LogP contribution in [0.1, 0.15) is 24.5 Å². The SMILES string of the molecule is C=CCOc1ccccc1CN[C@H]1C[C@@H](C(=O)NCC)N(Cc2ccc(Cl)cc2)C1. The van der Waals surface area contributed by atoms with Crippen LogP contribution in [-0.4, -0.2) is 42.6 Å². The average molecular weight is 428 g/mol. The van der Waals surface area contributed by atoms with Crippen molar-refractivity contribution >= 4 is 17.5 Å². The van der Waals surface area contributed by atoms with Gasteiger partial charge in [-0.15, -0.1) is 0 Å². The summed E-state index contributed by atoms with van der Waals surface area (Å²) in [6, 6.07) is 15.9. The van der Waals surface area contributed by atoms with Crippen LogP contribution in [0.5, 0.6) is 5.75 Å². The third-order valence-electron chi connectivity index (χ3n) is 5.27. The fourth-order valence-electron chi connectivity index (χ4n) is 3.81. The monoisotopic (exact) mass is 427 g/mol. The summed E-state index contributed by atoms with van der Waals surface area (Å²) < 4.78 is 5.76. The number of likely N-dealkylation sites (N-methyl/N-ethyl adjacent to an activating group) is 1. The molecular formula is C24H30ClN3O2. The Labute approximate surface area is 184 Å². The summed E-state index contributed by atoms with van der Waals surface area (Å²) in [6.45, 7) is 8.99. The summed E-state index contributed by atoms with van der Waals surface area (Å²) in [4.78, 5) is 14.9. The minimum absolute atomic E-state index is 0.0884. The quantitative estimate of drug-likeness (QED) is 0.567. The molecule has 160 valence electrons. The van der Waals surface area contributed by atoms with Crippen LogP contribution in [0.25, 0.3) is 0 Å². The van der Waals surface area contributed by atoms with Gasteiger partial charge < -0.3 is 15.4 Å². The normalized spacial score (nSPS) is 18.9. The highest BCUT2D eigenvalue weighted by Crippen LogP contribution is 2.23. The number of nitrogens with one attached hydrogen (secondary N) is 2. The predicted molar refractivity (Wildman–Crippen MR) is 122 cm³/mol. The van der Waals surface area contributed by atoms with Gasteiger partial charge in [0.05, 0.1) is 6.04 Å². The Morgan fingerprint density at radius 2 is 2.03 bits per heavy atom. The summed E-state index contributed by atoms with van der Waals surface area (Å²) >= 11 is 6.01. The Kier molecular flexibility index (Phi) is 8.31. The van der Waals surface area contributed by atoms with Gasteiger partial charge in [0.15, 0.2) is 0 Å². The highest BCUT2D eigenvalue weighted by atomic mass is 35.5. The summed E-state index contributed by atoms with van der Waals surface area (Å²) in [5.41, 5.74) is 2.25. The van der Waals surface area contributed by atoms with Gasteiger partial charge in [-0.1, -0.05) is 54.6 Å². The van der Waals surface area contributed by atoms with Crippen LogP contribution < -0.4 is 15.4 Å². The van der Waals surface area contributed by atoms with Crippen LogP contribution in [0.2, 0.25) is 5.02 Å². The second-order valence-electron chi connectivity index (χ2n) is 7.49. The molecule has 0 aliphatic carbocycles. The van der Waals surface area contributed by atoms with Crippen LogP contribution in [0.4, 0.5) is 0 Å². The molecule has 2 atom stereocenters. The van der Waals surface area contributed by atoms with Gasteiger partial charge in [0, 0.05) is 42.8 Å². The lowest BCUT2D eigenvalue weighted by Crippen LogP contribution is -2.42. The summed E-state index contributed by atoms with van der Waals surface area (Å²) in [5.74, 6) is 0.951. The first-order valence-corrected chi connectivity index (χ1v) is 10.8. The third-order valence-corrected chi connectivity index (χ3v) is 5.52. The molecule has 30 heavy (non-hydrogen) atoms. The molecule has 1 saturated heterocycles. The Hall–Kier alpha value is -2.34. The zero-order chi connectivity index (χ0) is 21.3. The molecule has 3 rings (SSSR count). The largest absolute Gasteiger partial charge is 0.489 e. The number of nitrogens with zero attached hydrogens (tertiary/aromatic N) is 1. The van der Waals surface area contributed by atoms with E-state index in [1.54, 1.807) is 6.08 Å². The lowest BCUT2D eigenvalue weighted by molar-refractivity contribution is -0.125. The first-order chi connectivity index (χ1) is 14.6. The van der Waals surface area contributed by atoms with Crippen LogP contribution >= 0.6 is 11.6 Å². The number of para-hydroxylation sites is 1. The van der Waals surface area contributed by atoms with Crippen molar-refractivity contribution in [3.05, 3.63) is 77.3 Å². The van der Waals surface area contributed by atoms with E-state index in [1.165, 1.54) is 0 Å². The predicted octanol–water partition coefficient (Wildman–Crippen LogP) is 3.77. The van der Waals surface area contributed by atoms with Crippen molar-refractivity contribution in [2.75, 3.05) is 19.7 Å². The molecule has 0 unspecified atom stereocenters. The molecule has 1 amide bonds. The van der Waals surface area contributed by atoms with Gasteiger partial charge >= 0.3 is 0 Å². The summed E-state index contributed by atoms with van der Waals surface area (Å²) in [7, 11) is 0. The van der Waals surface area contributed by atoms with E-state index in [0.717, 1.165) is 41.4 Å². The molecule has 2 aromatic carbocycles. The zero-order valence-corrected chi connectivity index (χ0v) is 18.2. The first-order valence-electron chi connectivity index (χ1n) is 10.4. The van der Waals surface area contributed by atoms with E-state index in [1.807, 2.05) is 49.4 Å². The maximum Gasteiger partial charge on any atom is 0.237 e. The van der Waals surface area contributed by atoms with Crippen molar-refractivity contribution in [3.8, 4) is 5.75 Å². The molecule has 6 heteroatoms. The smallest absolute Gasteiger partial charge is 0.237 e. The number of carbonyl (C=O) groups excluding carboxylic acids is 1. The van der Waals surface area contributed by atoms with Crippen molar-refractivity contribution < 1.29 is 9.53 Å². The van der Waals surface area contributed by atoms with Crippen LogP contribution in [0, 0.1) is 0 Å². The summed E-state index contributed by atoms with van der Waals surface area (Å²) in [5, 5.41) is 7.32. The Balaban J connectivity index is 1.65. The van der Waals surface area contributed by atoms with E-state index in [-0.39, 0.29) is 18.0 Å². The highest BCUT2D eigenvalue weighted by Gasteiger charge is 2.36. The number of rotatable bonds is 10. The van der Waals surface area contributed by atoms with E-state index >= 15 is 0 Å². The molecule has 0 bridgehead atoms. The number of hydrogen-bond acceptors (Lipinski definition) is 4. The van der Waals surface area contributed by atoms with E-state index in [9.17, 15) is 4.79 Å². The Morgan fingerprint density at radius 3 is 2.77 bits per heavy atom. The van der Waals surface area contributed by atoms with Crippen LogP contribution in [-0.2, 0) is 17.9 Å². The molecule has 1 fully saturated rings. The van der Waals surface area contributed by atoms with Crippen molar-refractivity contribution in [3.63, 3.8) is 0 Å². The second-order valence-corrected chi connectivity index (χ2v) is 7.92. The van der Waals surface area contributed by atoms with Gasteiger partial charge in [-0.25, -0.2) is 0 Å². The molecule has 1 aliphatic heterocycles. The topological polar surface area (TPSA) is 53.6 Å². The number of likely N-dealkylation sites (tertiary alicyclic amines) is 1. The minimum Gasteiger partial charge on any atom is -0.489 e. The maximum absolute atomic E-state index is 12.7. The van der Waals surface area contributed by atoms with E-state index in [2.05, 4.69) is 28.2 Å². The molecule has 1 heterocycles. The van der Waals surface area contributed by atoms with Crippen LogP contribution in [0.3, 0.4) is 0 Å². The summed E-state index contributed by atoms with van der Waals surface area (Å²) in [6.07, 6.45) is 2.52. The van der Waals surface area contributed by atoms with Gasteiger partial charge in [0.2, 0.25) is 5.91 Å². The second kappa shape index (κ2) is 11.2. The fraction of sp³-hybridized carbons (Fsp3) is 0.375. The Bertz CT molecular complexity index is 841. The first kappa shape index (κ1) is 22.3. The fourth-order valence-corrected chi connectivity index (χ4v) is 3.93. The van der Waals surface area contributed by atoms with Crippen molar-refractivity contribution in [1.82, 2.24) is 15.5 Å². The van der Waals surface area contributed by atoms with Gasteiger partial charge in [-0.05, 0) is 37.1 Å². The molecule has 0 aromatic heterocycles. The van der Waals surface area contributed by atoms with E-state index in [4.69, 9.17) is 16.3 Å². The number of amides is 1. The number of ether oxygens (including phenoxy) is 1. The lowest BCUT2D eigenvalue weighted by atomic mass is 10.1. The highest BCUT2D eigenvalue weighted by molar-refractivity contribution is 6.30. The molecule has 0 radical (unpaired) electrons. The van der Waals surface area contributed by atoms with Gasteiger partial charge in [0.1, 0.15) is 12.4 Å². The number of carbonyl (C=O) groups is 1. The molecule has 2 N–H and O–H groups in total. The molecule has 0 saturated carbocycles. The molecular weight excluding hydrogens is 398 g/mol. The van der Waals surface area contributed by atoms with Crippen LogP contribution in [0.15, 0.2) is 61.2 Å². The molecule has 1 aliphatic rings. The third kappa shape index (κ3) is 6.08. The van der Waals surface area contributed by atoms with Gasteiger partial charge in [-0.3, -0.25) is 9.69 Å². The van der Waals surface area contributed by atoms with Crippen molar-refractivity contribution in [1.29, 1.82) is 0 Å². The zero-order valence-electron chi connectivity index (χ0n) is 17.4. The maximum atomic E-state index is 12.7. The lowest BCUT2D eigenvalue weighted by Gasteiger charge is -2.23. The standard InChI is InChI=1S/C24H30ClN3O2/c1-3-13-30-23-8-6-5-7-19(23)15-27-21-14-22(24(29)26-4-2)28(17-21)16-18-9-11-20(25)12-10-18/h3,5-12,21-22,27H,1,4,13-17H2,2H3,(H,26,29)/t21-,22-/m0/s1.